The van der Waals surface area contributed by atoms with E-state index in [1.165, 1.54) is 26.4 Å². The third-order valence-electron chi connectivity index (χ3n) is 3.07. The van der Waals surface area contributed by atoms with Crippen molar-refractivity contribution in [3.63, 3.8) is 0 Å². The molecule has 2 aliphatic heterocycles. The van der Waals surface area contributed by atoms with E-state index in [4.69, 9.17) is 4.74 Å². The molecule has 0 aromatic carbocycles. The van der Waals surface area contributed by atoms with E-state index in [0.717, 1.165) is 13.0 Å². The number of hydrogen-bond donors (Lipinski definition) is 0. The zero-order valence-corrected chi connectivity index (χ0v) is 7.45. The van der Waals surface area contributed by atoms with Crippen molar-refractivity contribution in [1.82, 2.24) is 4.90 Å². The Kier molecular flexibility index (Phi) is 2.05. The van der Waals surface area contributed by atoms with Gasteiger partial charge in [-0.3, -0.25) is 9.69 Å². The number of rotatable bonds is 1. The van der Waals surface area contributed by atoms with E-state index in [1.807, 2.05) is 0 Å². The fourth-order valence-corrected chi connectivity index (χ4v) is 2.48. The van der Waals surface area contributed by atoms with Crippen LogP contribution in [0.5, 0.6) is 0 Å². The maximum atomic E-state index is 11.3. The average Bonchev–Trinajstić information content (AvgIpc) is 2.62. The zero-order chi connectivity index (χ0) is 8.55. The summed E-state index contributed by atoms with van der Waals surface area (Å²) in [7, 11) is 1.48. The Labute approximate surface area is 72.7 Å². The van der Waals surface area contributed by atoms with Gasteiger partial charge in [0.05, 0.1) is 7.11 Å². The van der Waals surface area contributed by atoms with E-state index < -0.39 is 0 Å². The first kappa shape index (κ1) is 8.05. The van der Waals surface area contributed by atoms with Gasteiger partial charge in [-0.1, -0.05) is 0 Å². The molecule has 0 aromatic rings. The quantitative estimate of drug-likeness (QED) is 0.543. The molecule has 0 spiro atoms. The van der Waals surface area contributed by atoms with Gasteiger partial charge in [0.1, 0.15) is 6.04 Å². The van der Waals surface area contributed by atoms with Crippen molar-refractivity contribution >= 4 is 5.97 Å². The lowest BCUT2D eigenvalue weighted by atomic mass is 10.1. The highest BCUT2D eigenvalue weighted by Crippen LogP contribution is 2.32. The number of fused-ring (bicyclic) bond motifs is 1. The van der Waals surface area contributed by atoms with E-state index in [1.54, 1.807) is 0 Å². The summed E-state index contributed by atoms with van der Waals surface area (Å²) < 4.78 is 4.76. The lowest BCUT2D eigenvalue weighted by Crippen LogP contribution is -2.37. The van der Waals surface area contributed by atoms with Crippen LogP contribution >= 0.6 is 0 Å². The Bertz CT molecular complexity index is 193. The standard InChI is InChI=1S/C9H15NO2/c1-12-9(11)8-5-4-7-3-2-6-10(7)8/h7-8H,2-6H2,1H3/t7-,8-/m1/s1. The minimum absolute atomic E-state index is 0.0422. The van der Waals surface area contributed by atoms with Gasteiger partial charge in [-0.15, -0.1) is 0 Å². The van der Waals surface area contributed by atoms with Gasteiger partial charge in [0.25, 0.3) is 0 Å². The molecule has 0 radical (unpaired) electrons. The summed E-state index contributed by atoms with van der Waals surface area (Å²) in [4.78, 5) is 13.6. The van der Waals surface area contributed by atoms with E-state index in [-0.39, 0.29) is 12.0 Å². The van der Waals surface area contributed by atoms with Crippen molar-refractivity contribution in [2.75, 3.05) is 13.7 Å². The van der Waals surface area contributed by atoms with Crippen molar-refractivity contribution in [1.29, 1.82) is 0 Å². The molecule has 2 fully saturated rings. The molecule has 0 aliphatic carbocycles. The van der Waals surface area contributed by atoms with Gasteiger partial charge < -0.3 is 4.74 Å². The lowest BCUT2D eigenvalue weighted by molar-refractivity contribution is -0.145. The third-order valence-corrected chi connectivity index (χ3v) is 3.07. The van der Waals surface area contributed by atoms with Gasteiger partial charge in [-0.05, 0) is 32.2 Å². The number of nitrogens with zero attached hydrogens (tertiary/aromatic N) is 1. The molecule has 0 saturated carbocycles. The molecule has 3 heteroatoms. The Morgan fingerprint density at radius 3 is 3.00 bits per heavy atom. The number of carbonyl (C=O) groups is 1. The van der Waals surface area contributed by atoms with Gasteiger partial charge in [-0.25, -0.2) is 0 Å². The second kappa shape index (κ2) is 3.05. The average molecular weight is 169 g/mol. The summed E-state index contributed by atoms with van der Waals surface area (Å²) in [6.45, 7) is 1.09. The molecule has 2 atom stereocenters. The van der Waals surface area contributed by atoms with Gasteiger partial charge in [0.2, 0.25) is 0 Å². The van der Waals surface area contributed by atoms with E-state index in [0.29, 0.717) is 6.04 Å². The van der Waals surface area contributed by atoms with Crippen LogP contribution in [0.3, 0.4) is 0 Å². The smallest absolute Gasteiger partial charge is 0.323 e. The number of hydrogen-bond acceptors (Lipinski definition) is 3. The van der Waals surface area contributed by atoms with Crippen LogP contribution in [0.15, 0.2) is 0 Å². The minimum Gasteiger partial charge on any atom is -0.468 e. The topological polar surface area (TPSA) is 29.5 Å². The molecule has 0 bridgehead atoms. The Hall–Kier alpha value is -0.570. The highest BCUT2D eigenvalue weighted by molar-refractivity contribution is 5.76. The van der Waals surface area contributed by atoms with Crippen LogP contribution in [-0.4, -0.2) is 36.6 Å². The summed E-state index contributed by atoms with van der Waals surface area (Å²) >= 11 is 0. The zero-order valence-electron chi connectivity index (χ0n) is 7.45. The largest absolute Gasteiger partial charge is 0.468 e. The third kappa shape index (κ3) is 1.12. The van der Waals surface area contributed by atoms with Crippen molar-refractivity contribution < 1.29 is 9.53 Å². The SMILES string of the molecule is COC(=O)[C@H]1CC[C@H]2CCCN21. The van der Waals surface area contributed by atoms with Crippen LogP contribution in [-0.2, 0) is 9.53 Å². The van der Waals surface area contributed by atoms with Crippen molar-refractivity contribution in [3.05, 3.63) is 0 Å². The van der Waals surface area contributed by atoms with Crippen molar-refractivity contribution in [3.8, 4) is 0 Å². The lowest BCUT2D eigenvalue weighted by Gasteiger charge is -2.20. The van der Waals surface area contributed by atoms with Crippen molar-refractivity contribution in [2.24, 2.45) is 0 Å². The fraction of sp³-hybridized carbons (Fsp3) is 0.889. The summed E-state index contributed by atoms with van der Waals surface area (Å²) in [6.07, 6.45) is 4.70. The Morgan fingerprint density at radius 2 is 2.25 bits per heavy atom. The number of esters is 1. The van der Waals surface area contributed by atoms with Gasteiger partial charge in [-0.2, -0.15) is 0 Å². The van der Waals surface area contributed by atoms with Gasteiger partial charge in [0.15, 0.2) is 0 Å². The number of carbonyl (C=O) groups excluding carboxylic acids is 1. The highest BCUT2D eigenvalue weighted by atomic mass is 16.5. The Balaban J connectivity index is 2.04. The first-order valence-corrected chi connectivity index (χ1v) is 4.66. The monoisotopic (exact) mass is 169 g/mol. The molecule has 12 heavy (non-hydrogen) atoms. The fourth-order valence-electron chi connectivity index (χ4n) is 2.48. The summed E-state index contributed by atoms with van der Waals surface area (Å²) in [5.74, 6) is -0.0422. The van der Waals surface area contributed by atoms with Crippen LogP contribution < -0.4 is 0 Å². The normalized spacial score (nSPS) is 35.1. The molecular formula is C9H15NO2. The first-order chi connectivity index (χ1) is 5.83. The molecule has 3 nitrogen and oxygen atoms in total. The molecule has 2 aliphatic rings. The van der Waals surface area contributed by atoms with E-state index in [2.05, 4.69) is 4.90 Å². The summed E-state index contributed by atoms with van der Waals surface area (Å²) in [5.41, 5.74) is 0. The van der Waals surface area contributed by atoms with Gasteiger partial charge in [0, 0.05) is 6.04 Å². The minimum atomic E-state index is -0.0422. The van der Waals surface area contributed by atoms with Crippen molar-refractivity contribution in [2.45, 2.75) is 37.8 Å². The number of methoxy groups -OCH3 is 1. The second-order valence-electron chi connectivity index (χ2n) is 3.65. The van der Waals surface area contributed by atoms with E-state index >= 15 is 0 Å². The maximum absolute atomic E-state index is 11.3. The van der Waals surface area contributed by atoms with E-state index in [9.17, 15) is 4.79 Å². The molecule has 68 valence electrons. The molecule has 0 aromatic heterocycles. The molecule has 0 N–H and O–H groups in total. The summed E-state index contributed by atoms with van der Waals surface area (Å²) in [5, 5.41) is 0. The molecule has 2 saturated heterocycles. The van der Waals surface area contributed by atoms with Crippen LogP contribution in [0.25, 0.3) is 0 Å². The molecule has 2 rings (SSSR count). The van der Waals surface area contributed by atoms with Crippen LogP contribution in [0.1, 0.15) is 25.7 Å². The van der Waals surface area contributed by atoms with Crippen LogP contribution in [0.2, 0.25) is 0 Å². The molecule has 0 unspecified atom stereocenters. The highest BCUT2D eigenvalue weighted by Gasteiger charge is 2.40. The predicted octanol–water partition coefficient (Wildman–Crippen LogP) is 0.786. The predicted molar refractivity (Wildman–Crippen MR) is 44.8 cm³/mol. The second-order valence-corrected chi connectivity index (χ2v) is 3.65. The van der Waals surface area contributed by atoms with Crippen LogP contribution in [0.4, 0.5) is 0 Å². The van der Waals surface area contributed by atoms with Crippen LogP contribution in [0, 0.1) is 0 Å². The Morgan fingerprint density at radius 1 is 1.42 bits per heavy atom. The first-order valence-electron chi connectivity index (χ1n) is 4.66. The molecule has 0 amide bonds. The van der Waals surface area contributed by atoms with Gasteiger partial charge >= 0.3 is 5.97 Å². The molecule has 2 heterocycles. The maximum Gasteiger partial charge on any atom is 0.323 e. The summed E-state index contributed by atoms with van der Waals surface area (Å²) in [6, 6.07) is 0.747. The number of ether oxygens (including phenoxy) is 1. The molecular weight excluding hydrogens is 154 g/mol.